The van der Waals surface area contributed by atoms with Crippen LogP contribution >= 0.6 is 0 Å². The standard InChI is InChI=1S/C8H7NSe/c10-9-6-5-7-3-1-2-4-8(7)9/h1-6,9H. The number of nitrogens with one attached hydrogen (secondary N) is 1. The van der Waals surface area contributed by atoms with Crippen molar-refractivity contribution in [3.05, 3.63) is 36.0 Å². The molecule has 0 radical (unpaired) electrons. The predicted octanol–water partition coefficient (Wildman–Crippen LogP) is 0.271. The maximum atomic E-state index is 3.02. The first-order chi connectivity index (χ1) is 4.88. The quantitative estimate of drug-likeness (QED) is 0.568. The molecule has 1 aromatic carbocycles. The maximum absolute atomic E-state index is 3.02. The van der Waals surface area contributed by atoms with E-state index in [9.17, 15) is 0 Å². The molecule has 0 aromatic heterocycles. The number of benzene rings is 1. The van der Waals surface area contributed by atoms with Gasteiger partial charge in [-0.1, -0.05) is 0 Å². The van der Waals surface area contributed by atoms with Crippen LogP contribution in [-0.4, -0.2) is 16.2 Å². The fourth-order valence-electron chi connectivity index (χ4n) is 1.12. The van der Waals surface area contributed by atoms with E-state index in [0.29, 0.717) is 0 Å². The van der Waals surface area contributed by atoms with Crippen molar-refractivity contribution in [2.24, 2.45) is 0 Å². The fourth-order valence-corrected chi connectivity index (χ4v) is 1.65. The van der Waals surface area contributed by atoms with E-state index >= 15 is 0 Å². The van der Waals surface area contributed by atoms with Gasteiger partial charge in [-0.25, -0.2) is 0 Å². The number of hydrogen-bond acceptors (Lipinski definition) is 0. The molecule has 0 fully saturated rings. The van der Waals surface area contributed by atoms with Gasteiger partial charge in [0.2, 0.25) is 0 Å². The van der Waals surface area contributed by atoms with E-state index in [1.165, 1.54) is 15.2 Å². The van der Waals surface area contributed by atoms with Gasteiger partial charge in [0.15, 0.2) is 0 Å². The third-order valence-electron chi connectivity index (χ3n) is 1.64. The summed E-state index contributed by atoms with van der Waals surface area (Å²) in [5.41, 5.74) is 2.64. The summed E-state index contributed by atoms with van der Waals surface area (Å²) in [6, 6.07) is 8.36. The van der Waals surface area contributed by atoms with Gasteiger partial charge < -0.3 is 0 Å². The van der Waals surface area contributed by atoms with Crippen LogP contribution in [0.3, 0.4) is 0 Å². The molecular formula is C8H7NSe. The molecule has 2 rings (SSSR count). The molecule has 50 valence electrons. The van der Waals surface area contributed by atoms with Gasteiger partial charge in [0, 0.05) is 0 Å². The van der Waals surface area contributed by atoms with Crippen LogP contribution in [0.4, 0.5) is 5.69 Å². The van der Waals surface area contributed by atoms with E-state index in [1.807, 2.05) is 0 Å². The summed E-state index contributed by atoms with van der Waals surface area (Å²) in [6.07, 6.45) is 4.23. The number of hydrogen-bond donors (Lipinski definition) is 1. The van der Waals surface area contributed by atoms with E-state index in [-0.39, 0.29) is 0 Å². The molecule has 0 spiro atoms. The summed E-state index contributed by atoms with van der Waals surface area (Å²) >= 11 is 3.02. The van der Waals surface area contributed by atoms with Gasteiger partial charge >= 0.3 is 67.9 Å². The van der Waals surface area contributed by atoms with Crippen molar-refractivity contribution in [1.82, 2.24) is 0 Å². The molecular weight excluding hydrogens is 189 g/mol. The van der Waals surface area contributed by atoms with Crippen molar-refractivity contribution in [3.8, 4) is 0 Å². The number of quaternary nitrogens is 1. The summed E-state index contributed by atoms with van der Waals surface area (Å²) in [4.78, 5) is 0. The second kappa shape index (κ2) is 2.24. The molecule has 0 aliphatic carbocycles. The first kappa shape index (κ1) is 6.17. The van der Waals surface area contributed by atoms with Crippen LogP contribution in [0, 0.1) is 0 Å². The summed E-state index contributed by atoms with van der Waals surface area (Å²) in [5, 5.41) is 0. The topological polar surface area (TPSA) is 4.44 Å². The number of fused-ring (bicyclic) bond motifs is 1. The van der Waals surface area contributed by atoms with Gasteiger partial charge in [-0.15, -0.1) is 0 Å². The van der Waals surface area contributed by atoms with Gasteiger partial charge in [0.25, 0.3) is 0 Å². The molecule has 1 aliphatic heterocycles. The van der Waals surface area contributed by atoms with Gasteiger partial charge in [-0.05, 0) is 0 Å². The van der Waals surface area contributed by atoms with E-state index in [0.717, 1.165) is 0 Å². The zero-order chi connectivity index (χ0) is 6.97. The Labute approximate surface area is 68.4 Å². The van der Waals surface area contributed by atoms with Crippen LogP contribution in [0.15, 0.2) is 30.5 Å². The summed E-state index contributed by atoms with van der Waals surface area (Å²) in [7, 11) is 0. The Bertz CT molecular complexity index is 280. The zero-order valence-electron chi connectivity index (χ0n) is 5.37. The molecule has 0 saturated carbocycles. The minimum absolute atomic E-state index is 1.25. The van der Waals surface area contributed by atoms with E-state index in [1.54, 1.807) is 0 Å². The normalized spacial score (nSPS) is 21.1. The Morgan fingerprint density at radius 2 is 2.00 bits per heavy atom. The molecule has 1 heterocycles. The first-order valence-electron chi connectivity index (χ1n) is 3.19. The summed E-state index contributed by atoms with van der Waals surface area (Å²) in [5.74, 6) is 0. The van der Waals surface area contributed by atoms with E-state index in [4.69, 9.17) is 0 Å². The Balaban J connectivity index is 2.59. The molecule has 0 bridgehead atoms. The van der Waals surface area contributed by atoms with Crippen molar-refractivity contribution in [3.63, 3.8) is 0 Å². The molecule has 1 atom stereocenters. The predicted molar refractivity (Wildman–Crippen MR) is 41.9 cm³/mol. The van der Waals surface area contributed by atoms with Crippen molar-refractivity contribution >= 4 is 28.0 Å². The SMILES string of the molecule is [Se-][NH+]1C=Cc2ccccc21. The van der Waals surface area contributed by atoms with Crippen LogP contribution < -0.4 is 3.92 Å². The average molecular weight is 196 g/mol. The molecule has 10 heavy (non-hydrogen) atoms. The van der Waals surface area contributed by atoms with Crippen molar-refractivity contribution in [2.45, 2.75) is 0 Å². The number of rotatable bonds is 0. The third kappa shape index (κ3) is 0.816. The molecule has 2 heteroatoms. The second-order valence-electron chi connectivity index (χ2n) is 2.28. The molecule has 0 saturated heterocycles. The molecule has 1 aromatic rings. The monoisotopic (exact) mass is 197 g/mol. The van der Waals surface area contributed by atoms with Gasteiger partial charge in [0.05, 0.1) is 0 Å². The van der Waals surface area contributed by atoms with Crippen LogP contribution in [0.25, 0.3) is 6.08 Å². The Morgan fingerprint density at radius 3 is 2.80 bits per heavy atom. The van der Waals surface area contributed by atoms with Crippen LogP contribution in [-0.2, 0) is 0 Å². The van der Waals surface area contributed by atoms with Crippen molar-refractivity contribution in [1.29, 1.82) is 0 Å². The Morgan fingerprint density at radius 1 is 1.20 bits per heavy atom. The number of para-hydroxylation sites is 1. The molecule has 1 unspecified atom stereocenters. The van der Waals surface area contributed by atoms with Crippen molar-refractivity contribution < 1.29 is 3.92 Å². The molecule has 1 nitrogen and oxygen atoms in total. The minimum atomic E-state index is 1.25. The van der Waals surface area contributed by atoms with E-state index in [2.05, 4.69) is 52.8 Å². The fraction of sp³-hybridized carbons (Fsp3) is 0. The second-order valence-corrected chi connectivity index (χ2v) is 3.21. The van der Waals surface area contributed by atoms with Gasteiger partial charge in [-0.3, -0.25) is 0 Å². The van der Waals surface area contributed by atoms with E-state index < -0.39 is 0 Å². The Hall–Kier alpha value is -0.561. The summed E-state index contributed by atoms with van der Waals surface area (Å²) in [6.45, 7) is 0. The van der Waals surface area contributed by atoms with Crippen LogP contribution in [0.5, 0.6) is 0 Å². The third-order valence-corrected chi connectivity index (χ3v) is 2.39. The average Bonchev–Trinajstić information content (AvgIpc) is 2.34. The van der Waals surface area contributed by atoms with Crippen molar-refractivity contribution in [2.75, 3.05) is 0 Å². The Kier molecular flexibility index (Phi) is 1.38. The van der Waals surface area contributed by atoms with Crippen LogP contribution in [0.2, 0.25) is 0 Å². The zero-order valence-corrected chi connectivity index (χ0v) is 7.09. The summed E-state index contributed by atoms with van der Waals surface area (Å²) < 4.78 is 1.25. The van der Waals surface area contributed by atoms with Gasteiger partial charge in [-0.2, -0.15) is 0 Å². The van der Waals surface area contributed by atoms with Gasteiger partial charge in [0.1, 0.15) is 0 Å². The first-order valence-corrected chi connectivity index (χ1v) is 4.05. The molecule has 1 aliphatic rings. The molecule has 0 amide bonds. The molecule has 1 N–H and O–H groups in total. The van der Waals surface area contributed by atoms with Crippen LogP contribution in [0.1, 0.15) is 5.56 Å².